The normalized spacial score (nSPS) is 13.6. The van der Waals surface area contributed by atoms with E-state index in [-0.39, 0.29) is 11.9 Å². The Kier molecular flexibility index (Phi) is 6.07. The number of carbonyl (C=O) groups is 2. The van der Waals surface area contributed by atoms with Gasteiger partial charge in [-0.25, -0.2) is 0 Å². The van der Waals surface area contributed by atoms with Gasteiger partial charge in [0, 0.05) is 10.9 Å². The summed E-state index contributed by atoms with van der Waals surface area (Å²) < 4.78 is 0. The number of rotatable bonds is 6. The van der Waals surface area contributed by atoms with Crippen LogP contribution in [0.1, 0.15) is 25.0 Å². The maximum absolute atomic E-state index is 11.8. The molecule has 0 bridgehead atoms. The highest BCUT2D eigenvalue weighted by Crippen LogP contribution is 2.23. The number of carbonyl (C=O) groups excluding carboxylic acids is 1. The molecule has 0 aromatic heterocycles. The van der Waals surface area contributed by atoms with Crippen LogP contribution in [-0.4, -0.2) is 28.8 Å². The van der Waals surface area contributed by atoms with E-state index in [4.69, 9.17) is 5.11 Å². The Morgan fingerprint density at radius 2 is 1.95 bits per heavy atom. The van der Waals surface area contributed by atoms with Gasteiger partial charge in [-0.15, -0.1) is 11.8 Å². The molecule has 2 unspecified atom stereocenters. The van der Waals surface area contributed by atoms with Gasteiger partial charge in [0.25, 0.3) is 0 Å². The SMILES string of the molecule is Cc1ccc(C)c(SCC(=O)NC(C)C(C)C(=O)O)c1. The Bertz CT molecular complexity index is 502. The lowest BCUT2D eigenvalue weighted by molar-refractivity contribution is -0.142. The molecule has 1 aromatic carbocycles. The zero-order valence-corrected chi connectivity index (χ0v) is 13.1. The maximum atomic E-state index is 11.8. The third kappa shape index (κ3) is 4.89. The lowest BCUT2D eigenvalue weighted by atomic mass is 10.0. The van der Waals surface area contributed by atoms with E-state index >= 15 is 0 Å². The Balaban J connectivity index is 2.51. The zero-order valence-electron chi connectivity index (χ0n) is 12.3. The molecule has 1 rings (SSSR count). The summed E-state index contributed by atoms with van der Waals surface area (Å²) in [7, 11) is 0. The fourth-order valence-corrected chi connectivity index (χ4v) is 2.58. The summed E-state index contributed by atoms with van der Waals surface area (Å²) in [6.45, 7) is 7.32. The van der Waals surface area contributed by atoms with Crippen LogP contribution in [0.5, 0.6) is 0 Å². The minimum atomic E-state index is -0.903. The Morgan fingerprint density at radius 3 is 2.55 bits per heavy atom. The average molecular weight is 295 g/mol. The molecule has 4 nitrogen and oxygen atoms in total. The second-order valence-corrected chi connectivity index (χ2v) is 6.06. The van der Waals surface area contributed by atoms with Crippen molar-refractivity contribution < 1.29 is 14.7 Å². The molecule has 20 heavy (non-hydrogen) atoms. The molecule has 0 radical (unpaired) electrons. The van der Waals surface area contributed by atoms with Crippen LogP contribution in [0.4, 0.5) is 0 Å². The van der Waals surface area contributed by atoms with Crippen LogP contribution in [0.3, 0.4) is 0 Å². The van der Waals surface area contributed by atoms with Crippen LogP contribution in [0, 0.1) is 19.8 Å². The molecule has 1 aromatic rings. The summed E-state index contributed by atoms with van der Waals surface area (Å²) >= 11 is 1.47. The van der Waals surface area contributed by atoms with Crippen LogP contribution >= 0.6 is 11.8 Å². The molecule has 0 spiro atoms. The van der Waals surface area contributed by atoms with Gasteiger partial charge in [0.1, 0.15) is 0 Å². The lowest BCUT2D eigenvalue weighted by Gasteiger charge is -2.17. The highest BCUT2D eigenvalue weighted by Gasteiger charge is 2.20. The summed E-state index contributed by atoms with van der Waals surface area (Å²) in [5, 5.41) is 11.6. The van der Waals surface area contributed by atoms with E-state index in [1.807, 2.05) is 26.0 Å². The van der Waals surface area contributed by atoms with Gasteiger partial charge in [0.05, 0.1) is 11.7 Å². The van der Waals surface area contributed by atoms with E-state index in [1.165, 1.54) is 11.8 Å². The third-order valence-corrected chi connectivity index (χ3v) is 4.39. The number of hydrogen-bond acceptors (Lipinski definition) is 3. The predicted octanol–water partition coefficient (Wildman–Crippen LogP) is 2.62. The van der Waals surface area contributed by atoms with Crippen molar-refractivity contribution in [1.29, 1.82) is 0 Å². The van der Waals surface area contributed by atoms with Crippen molar-refractivity contribution in [2.45, 2.75) is 38.6 Å². The van der Waals surface area contributed by atoms with E-state index < -0.39 is 11.9 Å². The topological polar surface area (TPSA) is 66.4 Å². The van der Waals surface area contributed by atoms with Crippen molar-refractivity contribution >= 4 is 23.6 Å². The van der Waals surface area contributed by atoms with Gasteiger partial charge in [-0.05, 0) is 39.3 Å². The van der Waals surface area contributed by atoms with Gasteiger partial charge in [0.2, 0.25) is 5.91 Å². The maximum Gasteiger partial charge on any atom is 0.308 e. The van der Waals surface area contributed by atoms with E-state index in [9.17, 15) is 9.59 Å². The molecule has 0 aliphatic rings. The van der Waals surface area contributed by atoms with Gasteiger partial charge in [-0.2, -0.15) is 0 Å². The molecular formula is C15H21NO3S. The van der Waals surface area contributed by atoms with Gasteiger partial charge in [-0.3, -0.25) is 9.59 Å². The van der Waals surface area contributed by atoms with Crippen molar-refractivity contribution in [2.24, 2.45) is 5.92 Å². The van der Waals surface area contributed by atoms with Crippen molar-refractivity contribution in [3.05, 3.63) is 29.3 Å². The van der Waals surface area contributed by atoms with Crippen LogP contribution in [-0.2, 0) is 9.59 Å². The van der Waals surface area contributed by atoms with Gasteiger partial charge >= 0.3 is 5.97 Å². The fraction of sp³-hybridized carbons (Fsp3) is 0.467. The first-order valence-electron chi connectivity index (χ1n) is 6.53. The number of carboxylic acid groups (broad SMARTS) is 1. The number of aliphatic carboxylic acids is 1. The molecule has 0 saturated heterocycles. The fourth-order valence-electron chi connectivity index (χ4n) is 1.64. The summed E-state index contributed by atoms with van der Waals surface area (Å²) in [6.07, 6.45) is 0. The summed E-state index contributed by atoms with van der Waals surface area (Å²) in [4.78, 5) is 23.7. The second-order valence-electron chi connectivity index (χ2n) is 5.04. The molecule has 0 aliphatic heterocycles. The predicted molar refractivity (Wildman–Crippen MR) is 81.0 cm³/mol. The van der Waals surface area contributed by atoms with Crippen molar-refractivity contribution in [2.75, 3.05) is 5.75 Å². The number of carboxylic acids is 1. The van der Waals surface area contributed by atoms with Gasteiger partial charge in [-0.1, -0.05) is 17.7 Å². The number of nitrogens with one attached hydrogen (secondary N) is 1. The molecule has 0 heterocycles. The van der Waals surface area contributed by atoms with Crippen molar-refractivity contribution in [1.82, 2.24) is 5.32 Å². The molecule has 110 valence electrons. The number of aryl methyl sites for hydroxylation is 2. The van der Waals surface area contributed by atoms with Crippen LogP contribution < -0.4 is 5.32 Å². The number of benzene rings is 1. The Morgan fingerprint density at radius 1 is 1.30 bits per heavy atom. The van der Waals surface area contributed by atoms with Crippen LogP contribution in [0.25, 0.3) is 0 Å². The third-order valence-electron chi connectivity index (χ3n) is 3.23. The molecule has 0 aliphatic carbocycles. The quantitative estimate of drug-likeness (QED) is 0.792. The number of amides is 1. The van der Waals surface area contributed by atoms with Crippen LogP contribution in [0.2, 0.25) is 0 Å². The highest BCUT2D eigenvalue weighted by atomic mass is 32.2. The molecule has 2 N–H and O–H groups in total. The minimum absolute atomic E-state index is 0.142. The van der Waals surface area contributed by atoms with E-state index in [0.29, 0.717) is 5.75 Å². The minimum Gasteiger partial charge on any atom is -0.481 e. The zero-order chi connectivity index (χ0) is 15.3. The first-order chi connectivity index (χ1) is 9.31. The molecule has 1 amide bonds. The Labute approximate surface area is 124 Å². The molecule has 0 saturated carbocycles. The standard InChI is InChI=1S/C15H21NO3S/c1-9-5-6-10(2)13(7-9)20-8-14(17)16-12(4)11(3)15(18)19/h5-7,11-12H,8H2,1-4H3,(H,16,17)(H,18,19). The lowest BCUT2D eigenvalue weighted by Crippen LogP contribution is -2.40. The summed E-state index contributed by atoms with van der Waals surface area (Å²) in [5.41, 5.74) is 2.30. The summed E-state index contributed by atoms with van der Waals surface area (Å²) in [5.74, 6) is -1.35. The van der Waals surface area contributed by atoms with Crippen molar-refractivity contribution in [3.63, 3.8) is 0 Å². The van der Waals surface area contributed by atoms with Crippen molar-refractivity contribution in [3.8, 4) is 0 Å². The average Bonchev–Trinajstić information content (AvgIpc) is 2.38. The van der Waals surface area contributed by atoms with Crippen LogP contribution in [0.15, 0.2) is 23.1 Å². The van der Waals surface area contributed by atoms with E-state index in [1.54, 1.807) is 13.8 Å². The van der Waals surface area contributed by atoms with E-state index in [0.717, 1.165) is 16.0 Å². The van der Waals surface area contributed by atoms with Gasteiger partial charge in [0.15, 0.2) is 0 Å². The first-order valence-corrected chi connectivity index (χ1v) is 7.52. The highest BCUT2D eigenvalue weighted by molar-refractivity contribution is 8.00. The second kappa shape index (κ2) is 7.33. The molecule has 2 atom stereocenters. The number of hydrogen-bond donors (Lipinski definition) is 2. The largest absolute Gasteiger partial charge is 0.481 e. The molecular weight excluding hydrogens is 274 g/mol. The molecule has 0 fully saturated rings. The van der Waals surface area contributed by atoms with Gasteiger partial charge < -0.3 is 10.4 Å². The number of thioether (sulfide) groups is 1. The van der Waals surface area contributed by atoms with E-state index in [2.05, 4.69) is 11.4 Å². The first kappa shape index (κ1) is 16.6. The monoisotopic (exact) mass is 295 g/mol. The smallest absolute Gasteiger partial charge is 0.308 e. The summed E-state index contributed by atoms with van der Waals surface area (Å²) in [6, 6.07) is 5.75. The Hall–Kier alpha value is -1.49. The molecule has 5 heteroatoms.